The number of hydrogen-bond donors (Lipinski definition) is 3. The first-order chi connectivity index (χ1) is 8.69. The number of nitrogens with zero attached hydrogens (tertiary/aromatic N) is 2. The van der Waals surface area contributed by atoms with E-state index in [1.165, 1.54) is 18.2 Å². The average molecular weight is 247 g/mol. The van der Waals surface area contributed by atoms with Gasteiger partial charge >= 0.3 is 5.69 Å². The molecule has 0 unspecified atom stereocenters. The molecule has 0 aliphatic heterocycles. The van der Waals surface area contributed by atoms with Gasteiger partial charge in [-0.15, -0.1) is 0 Å². The van der Waals surface area contributed by atoms with Crippen LogP contribution in [-0.4, -0.2) is 21.7 Å². The van der Waals surface area contributed by atoms with E-state index in [1.807, 2.05) is 6.07 Å². The van der Waals surface area contributed by atoms with Gasteiger partial charge in [0.05, 0.1) is 11.3 Å². The Balaban J connectivity index is 1.98. The third-order valence-corrected chi connectivity index (χ3v) is 2.33. The van der Waals surface area contributed by atoms with Gasteiger partial charge in [-0.2, -0.15) is 10.4 Å². The molecule has 7 heteroatoms. The molecule has 3 N–H and O–H groups in total. The Kier molecular flexibility index (Phi) is 3.38. The lowest BCUT2D eigenvalue weighted by atomic mass is 10.2. The van der Waals surface area contributed by atoms with Gasteiger partial charge in [0.2, 0.25) is 0 Å². The van der Waals surface area contributed by atoms with Gasteiger partial charge in [0.15, 0.2) is 0 Å². The van der Waals surface area contributed by atoms with Crippen LogP contribution in [0.4, 0.5) is 10.1 Å². The summed E-state index contributed by atoms with van der Waals surface area (Å²) < 4.78 is 12.9. The van der Waals surface area contributed by atoms with Crippen molar-refractivity contribution in [3.05, 3.63) is 45.9 Å². The van der Waals surface area contributed by atoms with Crippen LogP contribution in [0.25, 0.3) is 0 Å². The highest BCUT2D eigenvalue weighted by molar-refractivity contribution is 5.57. The van der Waals surface area contributed by atoms with Crippen molar-refractivity contribution in [1.29, 1.82) is 5.26 Å². The molecule has 0 radical (unpaired) electrons. The molecule has 0 bridgehead atoms. The summed E-state index contributed by atoms with van der Waals surface area (Å²) in [6.45, 7) is 0.473. The van der Waals surface area contributed by atoms with Crippen LogP contribution >= 0.6 is 0 Å². The lowest BCUT2D eigenvalue weighted by molar-refractivity contribution is 0.627. The monoisotopic (exact) mass is 247 g/mol. The Morgan fingerprint density at radius 1 is 1.50 bits per heavy atom. The molecule has 0 fully saturated rings. The molecule has 2 rings (SSSR count). The largest absolute Gasteiger partial charge is 0.384 e. The molecule has 0 atom stereocenters. The molecule has 0 saturated carbocycles. The normalized spacial score (nSPS) is 10.0. The highest BCUT2D eigenvalue weighted by atomic mass is 19.1. The smallest absolute Gasteiger partial charge is 0.340 e. The fraction of sp³-hybridized carbons (Fsp3) is 0.182. The number of H-pyrrole nitrogens is 2. The van der Waals surface area contributed by atoms with Gasteiger partial charge in [-0.05, 0) is 18.2 Å². The second-order valence-electron chi connectivity index (χ2n) is 3.60. The maximum atomic E-state index is 12.9. The standard InChI is InChI=1S/C11H10FN5O/c12-8-1-2-9(7(5-8)6-13)14-4-3-10-15-11(18)17-16-10/h1-2,5,14H,3-4H2,(H2,15,16,17,18). The summed E-state index contributed by atoms with van der Waals surface area (Å²) in [5.74, 6) is 0.0712. The van der Waals surface area contributed by atoms with Crippen molar-refractivity contribution in [2.75, 3.05) is 11.9 Å². The fourth-order valence-electron chi connectivity index (χ4n) is 1.50. The van der Waals surface area contributed by atoms with Crippen LogP contribution in [0.5, 0.6) is 0 Å². The lowest BCUT2D eigenvalue weighted by Gasteiger charge is -2.06. The van der Waals surface area contributed by atoms with E-state index >= 15 is 0 Å². The van der Waals surface area contributed by atoms with E-state index in [0.717, 1.165) is 0 Å². The maximum Gasteiger partial charge on any atom is 0.340 e. The summed E-state index contributed by atoms with van der Waals surface area (Å²) in [6, 6.07) is 5.85. The maximum absolute atomic E-state index is 12.9. The van der Waals surface area contributed by atoms with Crippen LogP contribution in [0, 0.1) is 17.1 Å². The Morgan fingerprint density at radius 3 is 3.00 bits per heavy atom. The van der Waals surface area contributed by atoms with Crippen LogP contribution in [0.2, 0.25) is 0 Å². The molecule has 2 aromatic rings. The zero-order valence-electron chi connectivity index (χ0n) is 9.33. The predicted molar refractivity (Wildman–Crippen MR) is 62.5 cm³/mol. The Labute approximate surface area is 101 Å². The zero-order chi connectivity index (χ0) is 13.0. The van der Waals surface area contributed by atoms with Crippen LogP contribution in [0.1, 0.15) is 11.4 Å². The number of aromatic nitrogens is 3. The van der Waals surface area contributed by atoms with Crippen molar-refractivity contribution in [3.8, 4) is 6.07 Å². The van der Waals surface area contributed by atoms with E-state index in [-0.39, 0.29) is 11.3 Å². The molecular weight excluding hydrogens is 237 g/mol. The van der Waals surface area contributed by atoms with Crippen molar-refractivity contribution in [3.63, 3.8) is 0 Å². The minimum Gasteiger partial charge on any atom is -0.384 e. The Bertz CT molecular complexity index is 639. The second-order valence-corrected chi connectivity index (χ2v) is 3.60. The first kappa shape index (κ1) is 11.9. The van der Waals surface area contributed by atoms with Crippen molar-refractivity contribution in [2.45, 2.75) is 6.42 Å². The number of benzene rings is 1. The predicted octanol–water partition coefficient (Wildman–Crippen LogP) is 0.763. The van der Waals surface area contributed by atoms with E-state index in [9.17, 15) is 9.18 Å². The Hall–Kier alpha value is -2.62. The number of nitriles is 1. The first-order valence-electron chi connectivity index (χ1n) is 5.26. The van der Waals surface area contributed by atoms with Gasteiger partial charge in [-0.1, -0.05) is 0 Å². The van der Waals surface area contributed by atoms with Crippen LogP contribution in [0.15, 0.2) is 23.0 Å². The summed E-state index contributed by atoms with van der Waals surface area (Å²) in [5.41, 5.74) is 0.437. The molecule has 0 spiro atoms. The quantitative estimate of drug-likeness (QED) is 0.743. The van der Waals surface area contributed by atoms with Gasteiger partial charge in [-0.25, -0.2) is 14.3 Å². The van der Waals surface area contributed by atoms with Crippen molar-refractivity contribution in [2.24, 2.45) is 0 Å². The molecule has 92 valence electrons. The van der Waals surface area contributed by atoms with Crippen molar-refractivity contribution >= 4 is 5.69 Å². The second kappa shape index (κ2) is 5.14. The number of hydrogen-bond acceptors (Lipinski definition) is 4. The van der Waals surface area contributed by atoms with E-state index in [4.69, 9.17) is 5.26 Å². The molecule has 1 aromatic heterocycles. The fourth-order valence-corrected chi connectivity index (χ4v) is 1.50. The van der Waals surface area contributed by atoms with E-state index in [0.29, 0.717) is 24.5 Å². The van der Waals surface area contributed by atoms with E-state index in [1.54, 1.807) is 0 Å². The first-order valence-corrected chi connectivity index (χ1v) is 5.26. The average Bonchev–Trinajstić information content (AvgIpc) is 2.77. The summed E-state index contributed by atoms with van der Waals surface area (Å²) >= 11 is 0. The van der Waals surface area contributed by atoms with Crippen molar-refractivity contribution < 1.29 is 4.39 Å². The highest BCUT2D eigenvalue weighted by Crippen LogP contribution is 2.15. The molecular formula is C11H10FN5O. The van der Waals surface area contributed by atoms with Gasteiger partial charge < -0.3 is 5.32 Å². The number of anilines is 1. The molecule has 6 nitrogen and oxygen atoms in total. The summed E-state index contributed by atoms with van der Waals surface area (Å²) in [6.07, 6.45) is 0.487. The Morgan fingerprint density at radius 2 is 2.33 bits per heavy atom. The van der Waals surface area contributed by atoms with Gasteiger partial charge in [0.25, 0.3) is 0 Å². The van der Waals surface area contributed by atoms with Gasteiger partial charge in [0.1, 0.15) is 17.7 Å². The molecule has 0 amide bonds. The molecule has 0 aliphatic rings. The topological polar surface area (TPSA) is 97.4 Å². The highest BCUT2D eigenvalue weighted by Gasteiger charge is 2.04. The van der Waals surface area contributed by atoms with Crippen LogP contribution in [0.3, 0.4) is 0 Å². The minimum atomic E-state index is -0.450. The SMILES string of the molecule is N#Cc1cc(F)ccc1NCCc1n[nH]c(=O)[nH]1. The zero-order valence-corrected chi connectivity index (χ0v) is 9.33. The number of aromatic amines is 2. The van der Waals surface area contributed by atoms with Gasteiger partial charge in [0, 0.05) is 13.0 Å². The number of halogens is 1. The minimum absolute atomic E-state index is 0.241. The summed E-state index contributed by atoms with van der Waals surface area (Å²) in [4.78, 5) is 13.3. The van der Waals surface area contributed by atoms with Crippen LogP contribution < -0.4 is 11.0 Å². The third kappa shape index (κ3) is 2.74. The molecule has 1 aromatic carbocycles. The lowest BCUT2D eigenvalue weighted by Crippen LogP contribution is -2.08. The summed E-state index contributed by atoms with van der Waals surface area (Å²) in [7, 11) is 0. The molecule has 1 heterocycles. The van der Waals surface area contributed by atoms with Crippen molar-refractivity contribution in [1.82, 2.24) is 15.2 Å². The molecule has 0 aliphatic carbocycles. The summed E-state index contributed by atoms with van der Waals surface area (Å²) in [5, 5.41) is 17.8. The molecule has 18 heavy (non-hydrogen) atoms. The number of rotatable bonds is 4. The third-order valence-electron chi connectivity index (χ3n) is 2.33. The molecule has 0 saturated heterocycles. The van der Waals surface area contributed by atoms with E-state index in [2.05, 4.69) is 20.5 Å². The van der Waals surface area contributed by atoms with Crippen LogP contribution in [-0.2, 0) is 6.42 Å². The number of nitrogens with one attached hydrogen (secondary N) is 3. The van der Waals surface area contributed by atoms with E-state index < -0.39 is 5.82 Å². The van der Waals surface area contributed by atoms with Gasteiger partial charge in [-0.3, -0.25) is 4.98 Å².